The molecule has 92 valence electrons. The third-order valence-corrected chi connectivity index (χ3v) is 4.50. The molecule has 1 aromatic rings. The van der Waals surface area contributed by atoms with Crippen LogP contribution in [-0.2, 0) is 10.8 Å². The maximum absolute atomic E-state index is 12.2. The Balaban J connectivity index is 2.26. The van der Waals surface area contributed by atoms with Crippen LogP contribution in [0.4, 0.5) is 5.69 Å². The molecule has 1 aromatic heterocycles. The predicted molar refractivity (Wildman–Crippen MR) is 63.2 cm³/mol. The first-order valence-corrected chi connectivity index (χ1v) is 6.62. The lowest BCUT2D eigenvalue weighted by Crippen LogP contribution is -2.33. The minimum absolute atomic E-state index is 0.0372. The van der Waals surface area contributed by atoms with Crippen LogP contribution in [0.25, 0.3) is 0 Å². The number of nitrogens with one attached hydrogen (secondary N) is 1. The second kappa shape index (κ2) is 5.33. The van der Waals surface area contributed by atoms with E-state index in [4.69, 9.17) is 0 Å². The van der Waals surface area contributed by atoms with Crippen LogP contribution in [0.15, 0.2) is 23.4 Å². The highest BCUT2D eigenvalue weighted by Crippen LogP contribution is 2.24. The Kier molecular flexibility index (Phi) is 3.80. The Morgan fingerprint density at radius 2 is 2.18 bits per heavy atom. The lowest BCUT2D eigenvalue weighted by Gasteiger charge is -2.21. The molecule has 1 atom stereocenters. The Bertz CT molecular complexity index is 446. The standard InChI is InChI=1S/C10H13N3O3S/c14-13(15)9-2-1-5-12-10(9)17(16)8-3-6-11-7-4-8/h1-2,5,8,11H,3-4,6-7H2/t17-/m0/s1. The summed E-state index contributed by atoms with van der Waals surface area (Å²) >= 11 is 0. The fourth-order valence-corrected chi connectivity index (χ4v) is 3.34. The van der Waals surface area contributed by atoms with Crippen LogP contribution in [0.1, 0.15) is 12.8 Å². The first-order chi connectivity index (χ1) is 8.20. The predicted octanol–water partition coefficient (Wildman–Crippen LogP) is 0.849. The van der Waals surface area contributed by atoms with Crippen molar-refractivity contribution in [3.8, 4) is 0 Å². The zero-order valence-electron chi connectivity index (χ0n) is 9.17. The third kappa shape index (κ3) is 2.67. The van der Waals surface area contributed by atoms with Crippen molar-refractivity contribution in [2.45, 2.75) is 23.1 Å². The molecule has 1 saturated heterocycles. The Labute approximate surface area is 101 Å². The average molecular weight is 255 g/mol. The molecule has 17 heavy (non-hydrogen) atoms. The van der Waals surface area contributed by atoms with Crippen molar-refractivity contribution in [3.63, 3.8) is 0 Å². The van der Waals surface area contributed by atoms with Crippen molar-refractivity contribution in [3.05, 3.63) is 28.4 Å². The molecule has 1 aliphatic heterocycles. The Morgan fingerprint density at radius 3 is 2.82 bits per heavy atom. The number of nitro groups is 1. The highest BCUT2D eigenvalue weighted by atomic mass is 32.2. The van der Waals surface area contributed by atoms with Crippen LogP contribution in [0.5, 0.6) is 0 Å². The molecule has 0 unspecified atom stereocenters. The van der Waals surface area contributed by atoms with Gasteiger partial charge in [0.15, 0.2) is 0 Å². The fraction of sp³-hybridized carbons (Fsp3) is 0.500. The number of hydrogen-bond donors (Lipinski definition) is 1. The van der Waals surface area contributed by atoms with Gasteiger partial charge < -0.3 is 5.32 Å². The van der Waals surface area contributed by atoms with E-state index < -0.39 is 15.7 Å². The monoisotopic (exact) mass is 255 g/mol. The number of piperidine rings is 1. The number of pyridine rings is 1. The van der Waals surface area contributed by atoms with Crippen molar-refractivity contribution < 1.29 is 9.13 Å². The maximum atomic E-state index is 12.2. The molecule has 0 aromatic carbocycles. The molecule has 0 radical (unpaired) electrons. The highest BCUT2D eigenvalue weighted by Gasteiger charge is 2.27. The summed E-state index contributed by atoms with van der Waals surface area (Å²) in [6, 6.07) is 2.84. The van der Waals surface area contributed by atoms with Crippen molar-refractivity contribution in [2.75, 3.05) is 13.1 Å². The molecule has 1 aliphatic rings. The summed E-state index contributed by atoms with van der Waals surface area (Å²) in [6.45, 7) is 1.61. The highest BCUT2D eigenvalue weighted by molar-refractivity contribution is 7.85. The molecule has 6 nitrogen and oxygen atoms in total. The molecule has 1 fully saturated rings. The number of hydrogen-bond acceptors (Lipinski definition) is 5. The van der Waals surface area contributed by atoms with Crippen LogP contribution >= 0.6 is 0 Å². The minimum atomic E-state index is -1.39. The first-order valence-electron chi connectivity index (χ1n) is 5.41. The van der Waals surface area contributed by atoms with Gasteiger partial charge in [0.1, 0.15) is 0 Å². The van der Waals surface area contributed by atoms with E-state index in [0.717, 1.165) is 25.9 Å². The molecule has 0 bridgehead atoms. The number of aromatic nitrogens is 1. The summed E-state index contributed by atoms with van der Waals surface area (Å²) in [5.74, 6) is 0. The van der Waals surface area contributed by atoms with E-state index in [9.17, 15) is 14.3 Å². The van der Waals surface area contributed by atoms with Gasteiger partial charge in [-0.1, -0.05) is 0 Å². The van der Waals surface area contributed by atoms with Crippen LogP contribution in [0.2, 0.25) is 0 Å². The summed E-state index contributed by atoms with van der Waals surface area (Å²) in [4.78, 5) is 14.2. The number of nitrogens with zero attached hydrogens (tertiary/aromatic N) is 2. The Morgan fingerprint density at radius 1 is 1.47 bits per heavy atom. The zero-order chi connectivity index (χ0) is 12.3. The van der Waals surface area contributed by atoms with Gasteiger partial charge in [-0.15, -0.1) is 0 Å². The van der Waals surface area contributed by atoms with Crippen LogP contribution in [0, 0.1) is 10.1 Å². The molecular weight excluding hydrogens is 242 g/mol. The Hall–Kier alpha value is -1.34. The van der Waals surface area contributed by atoms with Crippen molar-refractivity contribution in [1.82, 2.24) is 10.3 Å². The van der Waals surface area contributed by atoms with E-state index in [0.29, 0.717) is 0 Å². The molecule has 0 aliphatic carbocycles. The maximum Gasteiger partial charge on any atom is 0.303 e. The summed E-state index contributed by atoms with van der Waals surface area (Å²) in [6.07, 6.45) is 2.97. The van der Waals surface area contributed by atoms with Gasteiger partial charge in [0.2, 0.25) is 5.03 Å². The van der Waals surface area contributed by atoms with Crippen molar-refractivity contribution in [1.29, 1.82) is 0 Å². The molecule has 0 spiro atoms. The van der Waals surface area contributed by atoms with E-state index >= 15 is 0 Å². The smallest absolute Gasteiger partial charge is 0.303 e. The topological polar surface area (TPSA) is 85.1 Å². The second-order valence-corrected chi connectivity index (χ2v) is 5.48. The van der Waals surface area contributed by atoms with Crippen LogP contribution in [-0.4, -0.2) is 32.5 Å². The van der Waals surface area contributed by atoms with Crippen LogP contribution < -0.4 is 5.32 Å². The SMILES string of the molecule is O=[N+]([O-])c1cccnc1[S@@](=O)C1CCNCC1. The average Bonchev–Trinajstić information content (AvgIpc) is 2.39. The van der Waals surface area contributed by atoms with Gasteiger partial charge in [-0.25, -0.2) is 4.98 Å². The number of rotatable bonds is 3. The quantitative estimate of drug-likeness (QED) is 0.639. The van der Waals surface area contributed by atoms with E-state index in [1.54, 1.807) is 0 Å². The van der Waals surface area contributed by atoms with Crippen molar-refractivity contribution in [2.24, 2.45) is 0 Å². The molecule has 0 amide bonds. The first kappa shape index (κ1) is 12.1. The van der Waals surface area contributed by atoms with Gasteiger partial charge in [0.05, 0.1) is 15.7 Å². The summed E-state index contributed by atoms with van der Waals surface area (Å²) in [5.41, 5.74) is -0.149. The molecule has 2 heterocycles. The summed E-state index contributed by atoms with van der Waals surface area (Å²) < 4.78 is 12.2. The molecule has 7 heteroatoms. The fourth-order valence-electron chi connectivity index (χ4n) is 1.84. The lowest BCUT2D eigenvalue weighted by atomic mass is 10.2. The van der Waals surface area contributed by atoms with Gasteiger partial charge in [-0.05, 0) is 32.0 Å². The van der Waals surface area contributed by atoms with Crippen LogP contribution in [0.3, 0.4) is 0 Å². The minimum Gasteiger partial charge on any atom is -0.317 e. The molecular formula is C10H13N3O3S. The lowest BCUT2D eigenvalue weighted by molar-refractivity contribution is -0.388. The van der Waals surface area contributed by atoms with Gasteiger partial charge >= 0.3 is 5.69 Å². The molecule has 0 saturated carbocycles. The van der Waals surface area contributed by atoms with E-state index in [1.165, 1.54) is 18.3 Å². The summed E-state index contributed by atoms with van der Waals surface area (Å²) in [5, 5.41) is 14.1. The normalized spacial score (nSPS) is 18.8. The van der Waals surface area contributed by atoms with Gasteiger partial charge in [0.25, 0.3) is 0 Å². The summed E-state index contributed by atoms with van der Waals surface area (Å²) in [7, 11) is -1.39. The van der Waals surface area contributed by atoms with Crippen molar-refractivity contribution >= 4 is 16.5 Å². The third-order valence-electron chi connectivity index (χ3n) is 2.73. The second-order valence-electron chi connectivity index (χ2n) is 3.83. The molecule has 2 rings (SSSR count). The van der Waals surface area contributed by atoms with Gasteiger partial charge in [-0.3, -0.25) is 14.3 Å². The van der Waals surface area contributed by atoms with E-state index in [1.807, 2.05) is 0 Å². The van der Waals surface area contributed by atoms with Gasteiger partial charge in [-0.2, -0.15) is 0 Å². The zero-order valence-corrected chi connectivity index (χ0v) is 9.98. The van der Waals surface area contributed by atoms with E-state index in [-0.39, 0.29) is 16.0 Å². The molecule has 1 N–H and O–H groups in total. The van der Waals surface area contributed by atoms with Gasteiger partial charge in [0, 0.05) is 17.5 Å². The largest absolute Gasteiger partial charge is 0.317 e. The van der Waals surface area contributed by atoms with E-state index in [2.05, 4.69) is 10.3 Å².